The van der Waals surface area contributed by atoms with E-state index in [4.69, 9.17) is 5.11 Å². The highest BCUT2D eigenvalue weighted by Crippen LogP contribution is 2.28. The molecule has 0 saturated carbocycles. The molecule has 29 heavy (non-hydrogen) atoms. The Hall–Kier alpha value is -3.06. The van der Waals surface area contributed by atoms with E-state index in [1.807, 2.05) is 5.48 Å². The molecule has 4 N–H and O–H groups in total. The van der Waals surface area contributed by atoms with E-state index in [1.165, 1.54) is 26.0 Å². The van der Waals surface area contributed by atoms with Crippen LogP contribution in [0.1, 0.15) is 29.8 Å². The quantitative estimate of drug-likeness (QED) is 0.335. The zero-order valence-electron chi connectivity index (χ0n) is 15.6. The first-order valence-electron chi connectivity index (χ1n) is 8.45. The molecule has 0 bridgehead atoms. The van der Waals surface area contributed by atoms with Crippen LogP contribution >= 0.6 is 0 Å². The van der Waals surface area contributed by atoms with Gasteiger partial charge in [-0.15, -0.1) is 0 Å². The van der Waals surface area contributed by atoms with Crippen molar-refractivity contribution in [2.24, 2.45) is 0 Å². The average molecular weight is 408 g/mol. The molecule has 0 aliphatic rings. The molecule has 0 aromatic heterocycles. The number of carbonyl (C=O) groups is 1. The minimum atomic E-state index is -1.38. The lowest BCUT2D eigenvalue weighted by molar-refractivity contribution is 0.0168. The van der Waals surface area contributed by atoms with Gasteiger partial charge in [-0.05, 0) is 44.2 Å². The lowest BCUT2D eigenvalue weighted by Crippen LogP contribution is -2.26. The Morgan fingerprint density at radius 2 is 1.90 bits per heavy atom. The van der Waals surface area contributed by atoms with E-state index in [0.29, 0.717) is 0 Å². The normalized spacial score (nSPS) is 10.9. The minimum absolute atomic E-state index is 0.208. The highest BCUT2D eigenvalue weighted by atomic mass is 19.2. The van der Waals surface area contributed by atoms with Crippen molar-refractivity contribution >= 4 is 17.3 Å². The van der Waals surface area contributed by atoms with Gasteiger partial charge in [0.2, 0.25) is 0 Å². The van der Waals surface area contributed by atoms with E-state index >= 15 is 0 Å². The molecule has 0 atom stereocenters. The molecule has 0 fully saturated rings. The summed E-state index contributed by atoms with van der Waals surface area (Å²) in [5, 5.41) is 20.6. The van der Waals surface area contributed by atoms with Gasteiger partial charge >= 0.3 is 0 Å². The van der Waals surface area contributed by atoms with E-state index in [9.17, 15) is 23.1 Å². The zero-order valence-corrected chi connectivity index (χ0v) is 15.6. The van der Waals surface area contributed by atoms with Crippen LogP contribution in [0.4, 0.5) is 24.5 Å². The zero-order chi connectivity index (χ0) is 21.6. The Morgan fingerprint density at radius 1 is 1.17 bits per heavy atom. The van der Waals surface area contributed by atoms with Crippen molar-refractivity contribution in [3.8, 4) is 11.8 Å². The number of rotatable bonds is 6. The van der Waals surface area contributed by atoms with Gasteiger partial charge in [-0.3, -0.25) is 9.63 Å². The van der Waals surface area contributed by atoms with Gasteiger partial charge in [0.15, 0.2) is 11.6 Å². The summed E-state index contributed by atoms with van der Waals surface area (Å²) in [6, 6.07) is 5.43. The number of nitrogens with one attached hydrogen (secondary N) is 2. The van der Waals surface area contributed by atoms with Crippen LogP contribution in [-0.2, 0) is 4.84 Å². The second kappa shape index (κ2) is 9.43. The summed E-state index contributed by atoms with van der Waals surface area (Å²) in [4.78, 5) is 16.8. The van der Waals surface area contributed by atoms with Crippen molar-refractivity contribution in [2.75, 3.05) is 18.5 Å². The highest BCUT2D eigenvalue weighted by molar-refractivity contribution is 6.00. The number of hydroxylamine groups is 1. The predicted octanol–water partition coefficient (Wildman–Crippen LogP) is 2.62. The summed E-state index contributed by atoms with van der Waals surface area (Å²) in [6.45, 7) is 2.36. The minimum Gasteiger partial charge on any atom is -0.394 e. The molecule has 0 radical (unpaired) electrons. The molecule has 0 aliphatic carbocycles. The van der Waals surface area contributed by atoms with Crippen LogP contribution in [0.2, 0.25) is 0 Å². The number of hydrogen-bond donors (Lipinski definition) is 4. The maximum Gasteiger partial charge on any atom is 0.277 e. The Kier molecular flexibility index (Phi) is 7.23. The van der Waals surface area contributed by atoms with Crippen molar-refractivity contribution in [1.29, 1.82) is 0 Å². The summed E-state index contributed by atoms with van der Waals surface area (Å²) < 4.78 is 42.4. The third kappa shape index (κ3) is 6.22. The van der Waals surface area contributed by atoms with Gasteiger partial charge in [0.1, 0.15) is 11.4 Å². The second-order valence-electron chi connectivity index (χ2n) is 6.42. The molecule has 0 heterocycles. The first-order chi connectivity index (χ1) is 13.6. The van der Waals surface area contributed by atoms with Crippen molar-refractivity contribution < 1.29 is 33.0 Å². The van der Waals surface area contributed by atoms with Gasteiger partial charge < -0.3 is 15.5 Å². The van der Waals surface area contributed by atoms with Crippen LogP contribution < -0.4 is 10.8 Å². The summed E-state index contributed by atoms with van der Waals surface area (Å²) in [5.74, 6) is 0.732. The Morgan fingerprint density at radius 3 is 2.52 bits per heavy atom. The van der Waals surface area contributed by atoms with Gasteiger partial charge in [0.05, 0.1) is 30.2 Å². The topological polar surface area (TPSA) is 90.8 Å². The maximum atomic E-state index is 14.4. The summed E-state index contributed by atoms with van der Waals surface area (Å²) in [7, 11) is 0. The second-order valence-corrected chi connectivity index (χ2v) is 6.42. The summed E-state index contributed by atoms with van der Waals surface area (Å²) >= 11 is 0. The van der Waals surface area contributed by atoms with Crippen molar-refractivity contribution in [2.45, 2.75) is 19.4 Å². The number of anilines is 2. The van der Waals surface area contributed by atoms with E-state index in [-0.39, 0.29) is 30.0 Å². The van der Waals surface area contributed by atoms with Gasteiger partial charge in [0.25, 0.3) is 5.91 Å². The van der Waals surface area contributed by atoms with Gasteiger partial charge in [-0.1, -0.05) is 11.8 Å². The summed E-state index contributed by atoms with van der Waals surface area (Å²) in [5.41, 5.74) is -0.209. The predicted molar refractivity (Wildman–Crippen MR) is 99.7 cm³/mol. The van der Waals surface area contributed by atoms with Crippen LogP contribution in [0, 0.1) is 29.3 Å². The number of amides is 1. The smallest absolute Gasteiger partial charge is 0.277 e. The molecular weight excluding hydrogens is 389 g/mol. The monoisotopic (exact) mass is 408 g/mol. The molecule has 2 rings (SSSR count). The number of carbonyl (C=O) groups excluding carboxylic acids is 1. The lowest BCUT2D eigenvalue weighted by atomic mass is 10.1. The molecule has 0 saturated heterocycles. The molecular formula is C20H19F3N2O4. The van der Waals surface area contributed by atoms with Gasteiger partial charge in [0, 0.05) is 5.56 Å². The molecule has 154 valence electrons. The third-order valence-corrected chi connectivity index (χ3v) is 3.44. The first kappa shape index (κ1) is 22.2. The lowest BCUT2D eigenvalue weighted by Gasteiger charge is -2.14. The number of hydrogen-bond acceptors (Lipinski definition) is 5. The fraction of sp³-hybridized carbons (Fsp3) is 0.250. The van der Waals surface area contributed by atoms with Crippen LogP contribution in [0.3, 0.4) is 0 Å². The summed E-state index contributed by atoms with van der Waals surface area (Å²) in [6.07, 6.45) is 0. The van der Waals surface area contributed by atoms with E-state index in [0.717, 1.165) is 18.2 Å². The molecule has 0 spiro atoms. The Labute approximate surface area is 165 Å². The molecule has 2 aromatic rings. The van der Waals surface area contributed by atoms with Crippen molar-refractivity contribution in [1.82, 2.24) is 5.48 Å². The van der Waals surface area contributed by atoms with Crippen molar-refractivity contribution in [3.63, 3.8) is 0 Å². The number of aliphatic hydroxyl groups excluding tert-OH is 1. The first-order valence-corrected chi connectivity index (χ1v) is 8.45. The SMILES string of the molecule is CC(C)(O)C#Cc1ccc(Nc2c(C(=O)NOCCO)ccc(F)c2F)c(F)c1. The van der Waals surface area contributed by atoms with Gasteiger partial charge in [-0.2, -0.15) is 0 Å². The Bertz CT molecular complexity index is 963. The van der Waals surface area contributed by atoms with E-state index in [2.05, 4.69) is 22.0 Å². The standard InChI is InChI=1S/C20H19F3N2O4/c1-20(2,28)8-7-12-3-6-16(15(22)11-12)24-18-13(4-5-14(21)17(18)23)19(27)25-29-10-9-26/h3-6,11,24,26,28H,9-10H2,1-2H3,(H,25,27). The number of halogens is 3. The van der Waals surface area contributed by atoms with Crippen LogP contribution in [0.25, 0.3) is 0 Å². The average Bonchev–Trinajstić information content (AvgIpc) is 2.65. The largest absolute Gasteiger partial charge is 0.394 e. The van der Waals surface area contributed by atoms with Crippen molar-refractivity contribution in [3.05, 3.63) is 58.9 Å². The molecule has 2 aromatic carbocycles. The number of benzene rings is 2. The van der Waals surface area contributed by atoms with E-state index in [1.54, 1.807) is 0 Å². The molecule has 0 aliphatic heterocycles. The maximum absolute atomic E-state index is 14.4. The van der Waals surface area contributed by atoms with Gasteiger partial charge in [-0.25, -0.2) is 18.7 Å². The van der Waals surface area contributed by atoms with Crippen LogP contribution in [-0.4, -0.2) is 34.9 Å². The van der Waals surface area contributed by atoms with Crippen LogP contribution in [0.15, 0.2) is 30.3 Å². The third-order valence-electron chi connectivity index (χ3n) is 3.44. The number of aliphatic hydroxyl groups is 2. The fourth-order valence-electron chi connectivity index (χ4n) is 2.13. The molecule has 9 heteroatoms. The Balaban J connectivity index is 2.34. The molecule has 1 amide bonds. The van der Waals surface area contributed by atoms with Crippen LogP contribution in [0.5, 0.6) is 0 Å². The fourth-order valence-corrected chi connectivity index (χ4v) is 2.13. The molecule has 0 unspecified atom stereocenters. The van der Waals surface area contributed by atoms with E-state index < -0.39 is 34.6 Å². The molecule has 6 nitrogen and oxygen atoms in total. The highest BCUT2D eigenvalue weighted by Gasteiger charge is 2.20.